The average molecular weight is 288 g/mol. The molecule has 3 nitrogen and oxygen atoms in total. The smallest absolute Gasteiger partial charge is 0.113 e. The van der Waals surface area contributed by atoms with Crippen molar-refractivity contribution in [2.45, 2.75) is 32.7 Å². The molecule has 0 amide bonds. The molecular weight excluding hydrogens is 266 g/mol. The second kappa shape index (κ2) is 7.43. The summed E-state index contributed by atoms with van der Waals surface area (Å²) in [5.41, 5.74) is 0. The largest absolute Gasteiger partial charge is 0.310 e. The quantitative estimate of drug-likeness (QED) is 0.872. The summed E-state index contributed by atoms with van der Waals surface area (Å²) >= 11 is 7.41. The van der Waals surface area contributed by atoms with Crippen LogP contribution in [-0.2, 0) is 6.54 Å². The highest BCUT2D eigenvalue weighted by molar-refractivity contribution is 7.15. The van der Waals surface area contributed by atoms with Crippen LogP contribution in [0.4, 0.5) is 0 Å². The Kier molecular flexibility index (Phi) is 5.89. The molecule has 0 bridgehead atoms. The van der Waals surface area contributed by atoms with E-state index < -0.39 is 0 Å². The molecule has 1 atom stereocenters. The highest BCUT2D eigenvalue weighted by atomic mass is 35.5. The summed E-state index contributed by atoms with van der Waals surface area (Å²) in [6, 6.07) is 0. The van der Waals surface area contributed by atoms with Crippen LogP contribution in [-0.4, -0.2) is 36.1 Å². The Hall–Kier alpha value is -0.160. The maximum absolute atomic E-state index is 5.85. The van der Waals surface area contributed by atoms with Gasteiger partial charge in [0.25, 0.3) is 0 Å². The third-order valence-electron chi connectivity index (χ3n) is 3.31. The molecule has 2 rings (SSSR count). The van der Waals surface area contributed by atoms with Crippen LogP contribution in [0, 0.1) is 5.92 Å². The van der Waals surface area contributed by atoms with Crippen molar-refractivity contribution in [3.63, 3.8) is 0 Å². The highest BCUT2D eigenvalue weighted by Crippen LogP contribution is 2.17. The molecule has 0 radical (unpaired) electrons. The monoisotopic (exact) mass is 287 g/mol. The number of nitrogens with one attached hydrogen (secondary N) is 1. The van der Waals surface area contributed by atoms with Crippen molar-refractivity contribution < 1.29 is 0 Å². The second-order valence-corrected chi connectivity index (χ2v) is 6.90. The summed E-state index contributed by atoms with van der Waals surface area (Å²) in [5, 5.41) is 4.54. The van der Waals surface area contributed by atoms with Crippen LogP contribution in [0.3, 0.4) is 0 Å². The molecule has 18 heavy (non-hydrogen) atoms. The number of piperidine rings is 1. The summed E-state index contributed by atoms with van der Waals surface area (Å²) in [7, 11) is 0. The van der Waals surface area contributed by atoms with Crippen LogP contribution in [0.1, 0.15) is 31.2 Å². The molecule has 1 aliphatic heterocycles. The molecule has 1 saturated heterocycles. The van der Waals surface area contributed by atoms with Gasteiger partial charge in [-0.15, -0.1) is 11.3 Å². The summed E-state index contributed by atoms with van der Waals surface area (Å²) in [5.74, 6) is 0.693. The number of rotatable bonds is 6. The lowest BCUT2D eigenvalue weighted by molar-refractivity contribution is 0.199. The molecule has 0 aliphatic carbocycles. The first-order chi connectivity index (χ1) is 8.74. The van der Waals surface area contributed by atoms with E-state index in [0.29, 0.717) is 5.92 Å². The Morgan fingerprint density at radius 3 is 2.89 bits per heavy atom. The first-order valence-electron chi connectivity index (χ1n) is 6.77. The van der Waals surface area contributed by atoms with E-state index in [0.717, 1.165) is 22.4 Å². The van der Waals surface area contributed by atoms with Crippen LogP contribution in [0.15, 0.2) is 6.20 Å². The van der Waals surface area contributed by atoms with Gasteiger partial charge in [0, 0.05) is 13.1 Å². The van der Waals surface area contributed by atoms with E-state index in [1.807, 2.05) is 0 Å². The van der Waals surface area contributed by atoms with E-state index in [9.17, 15) is 0 Å². The zero-order chi connectivity index (χ0) is 12.8. The van der Waals surface area contributed by atoms with Gasteiger partial charge in [0.05, 0.1) is 6.20 Å². The molecule has 0 saturated carbocycles. The van der Waals surface area contributed by atoms with E-state index in [4.69, 9.17) is 11.6 Å². The number of hydrogen-bond donors (Lipinski definition) is 1. The number of thiazole rings is 1. The van der Waals surface area contributed by atoms with Crippen molar-refractivity contribution in [1.82, 2.24) is 15.2 Å². The number of nitrogens with zero attached hydrogens (tertiary/aromatic N) is 2. The Balaban J connectivity index is 1.60. The molecule has 1 aromatic heterocycles. The lowest BCUT2D eigenvalue weighted by atomic mass is 10.1. The van der Waals surface area contributed by atoms with Gasteiger partial charge in [-0.2, -0.15) is 0 Å². The van der Waals surface area contributed by atoms with E-state index >= 15 is 0 Å². The van der Waals surface area contributed by atoms with Crippen LogP contribution in [0.5, 0.6) is 0 Å². The minimum absolute atomic E-state index is 0.693. The first-order valence-corrected chi connectivity index (χ1v) is 7.97. The predicted octanol–water partition coefficient (Wildman–Crippen LogP) is 3.01. The molecular formula is C13H22ClN3S. The minimum atomic E-state index is 0.693. The fourth-order valence-electron chi connectivity index (χ4n) is 2.44. The van der Waals surface area contributed by atoms with Gasteiger partial charge in [-0.25, -0.2) is 4.98 Å². The van der Waals surface area contributed by atoms with Crippen molar-refractivity contribution in [3.05, 3.63) is 15.5 Å². The Morgan fingerprint density at radius 1 is 1.44 bits per heavy atom. The third-order valence-corrected chi connectivity index (χ3v) is 4.43. The highest BCUT2D eigenvalue weighted by Gasteiger charge is 2.13. The number of likely N-dealkylation sites (tertiary alicyclic amines) is 1. The van der Waals surface area contributed by atoms with E-state index in [-0.39, 0.29) is 0 Å². The molecule has 0 spiro atoms. The fraction of sp³-hybridized carbons (Fsp3) is 0.769. The van der Waals surface area contributed by atoms with Gasteiger partial charge in [0.15, 0.2) is 0 Å². The van der Waals surface area contributed by atoms with Gasteiger partial charge in [0.2, 0.25) is 0 Å². The molecule has 102 valence electrons. The van der Waals surface area contributed by atoms with Gasteiger partial charge >= 0.3 is 0 Å². The lowest BCUT2D eigenvalue weighted by Crippen LogP contribution is -2.36. The molecule has 1 unspecified atom stereocenters. The average Bonchev–Trinajstić information content (AvgIpc) is 2.76. The normalized spacial score (nSPS) is 19.0. The summed E-state index contributed by atoms with van der Waals surface area (Å²) in [4.78, 5) is 6.84. The zero-order valence-electron chi connectivity index (χ0n) is 11.0. The molecule has 5 heteroatoms. The second-order valence-electron chi connectivity index (χ2n) is 5.16. The number of aromatic nitrogens is 1. The molecule has 1 N–H and O–H groups in total. The topological polar surface area (TPSA) is 28.2 Å². The maximum Gasteiger partial charge on any atom is 0.113 e. The van der Waals surface area contributed by atoms with Gasteiger partial charge in [-0.3, -0.25) is 0 Å². The van der Waals surface area contributed by atoms with Crippen molar-refractivity contribution in [2.75, 3.05) is 26.2 Å². The molecule has 1 aromatic rings. The SMILES string of the molecule is CC(CNCc1ncc(Cl)s1)CN1CCCCC1. The standard InChI is InChI=1S/C13H22ClN3S/c1-11(10-17-5-3-2-4-6-17)7-15-9-13-16-8-12(14)18-13/h8,11,15H,2-7,9-10H2,1H3. The van der Waals surface area contributed by atoms with Crippen LogP contribution in [0.2, 0.25) is 4.34 Å². The first kappa shape index (κ1) is 14.3. The molecule has 1 aliphatic rings. The summed E-state index contributed by atoms with van der Waals surface area (Å²) in [6.07, 6.45) is 5.88. The Bertz CT molecular complexity index is 350. The Morgan fingerprint density at radius 2 is 2.22 bits per heavy atom. The predicted molar refractivity (Wildman–Crippen MR) is 78.3 cm³/mol. The molecule has 0 aromatic carbocycles. The van der Waals surface area contributed by atoms with Crippen LogP contribution in [0.25, 0.3) is 0 Å². The zero-order valence-corrected chi connectivity index (χ0v) is 12.6. The van der Waals surface area contributed by atoms with Crippen molar-refractivity contribution in [2.24, 2.45) is 5.92 Å². The summed E-state index contributed by atoms with van der Waals surface area (Å²) in [6.45, 7) is 7.98. The Labute approximate surface area is 119 Å². The van der Waals surface area contributed by atoms with Crippen molar-refractivity contribution in [3.8, 4) is 0 Å². The number of hydrogen-bond acceptors (Lipinski definition) is 4. The lowest BCUT2D eigenvalue weighted by Gasteiger charge is -2.29. The van der Waals surface area contributed by atoms with E-state index in [1.165, 1.54) is 38.9 Å². The molecule has 1 fully saturated rings. The van der Waals surface area contributed by atoms with Gasteiger partial charge < -0.3 is 10.2 Å². The van der Waals surface area contributed by atoms with Crippen molar-refractivity contribution in [1.29, 1.82) is 0 Å². The molecule has 2 heterocycles. The number of halogens is 1. The fourth-order valence-corrected chi connectivity index (χ4v) is 3.37. The van der Waals surface area contributed by atoms with Crippen LogP contribution < -0.4 is 5.32 Å². The van der Waals surface area contributed by atoms with Crippen LogP contribution >= 0.6 is 22.9 Å². The van der Waals surface area contributed by atoms with Crippen molar-refractivity contribution >= 4 is 22.9 Å². The van der Waals surface area contributed by atoms with Gasteiger partial charge in [-0.05, 0) is 38.4 Å². The summed E-state index contributed by atoms with van der Waals surface area (Å²) < 4.78 is 0.771. The van der Waals surface area contributed by atoms with Gasteiger partial charge in [-0.1, -0.05) is 24.9 Å². The van der Waals surface area contributed by atoms with E-state index in [1.54, 1.807) is 17.5 Å². The van der Waals surface area contributed by atoms with Gasteiger partial charge in [0.1, 0.15) is 9.34 Å². The third kappa shape index (κ3) is 4.84. The minimum Gasteiger partial charge on any atom is -0.310 e. The maximum atomic E-state index is 5.85. The van der Waals surface area contributed by atoms with E-state index in [2.05, 4.69) is 22.1 Å².